The number of nitrogens with one attached hydrogen (secondary N) is 2. The molecule has 4 rings (SSSR count). The highest BCUT2D eigenvalue weighted by molar-refractivity contribution is 5.93. The number of anilines is 1. The van der Waals surface area contributed by atoms with E-state index in [0.717, 1.165) is 31.7 Å². The van der Waals surface area contributed by atoms with E-state index < -0.39 is 29.7 Å². The van der Waals surface area contributed by atoms with Gasteiger partial charge >= 0.3 is 0 Å². The third-order valence-electron chi connectivity index (χ3n) is 8.00. The molecule has 5 nitrogen and oxygen atoms in total. The Morgan fingerprint density at radius 2 is 1.62 bits per heavy atom. The van der Waals surface area contributed by atoms with Crippen molar-refractivity contribution in [3.8, 4) is 0 Å². The van der Waals surface area contributed by atoms with Gasteiger partial charge in [0.1, 0.15) is 11.6 Å². The first kappa shape index (κ1) is 29.7. The minimum Gasteiger partial charge on any atom is -0.390 e. The van der Waals surface area contributed by atoms with Crippen LogP contribution in [0.1, 0.15) is 79.9 Å². The molecule has 0 saturated heterocycles. The first-order chi connectivity index (χ1) is 18.9. The molecule has 3 aromatic carbocycles. The van der Waals surface area contributed by atoms with Gasteiger partial charge in [0.2, 0.25) is 5.91 Å². The molecule has 1 aliphatic rings. The van der Waals surface area contributed by atoms with Crippen LogP contribution in [0, 0.1) is 11.6 Å². The average molecular weight is 550 g/mol. The fourth-order valence-electron chi connectivity index (χ4n) is 5.66. The molecule has 2 unspecified atom stereocenters. The van der Waals surface area contributed by atoms with Gasteiger partial charge in [0.05, 0.1) is 12.1 Å². The zero-order chi connectivity index (χ0) is 28.9. The summed E-state index contributed by atoms with van der Waals surface area (Å²) in [6.07, 6.45) is 4.62. The van der Waals surface area contributed by atoms with Crippen molar-refractivity contribution in [2.45, 2.75) is 82.4 Å². The van der Waals surface area contributed by atoms with Crippen LogP contribution in [-0.4, -0.2) is 29.7 Å². The van der Waals surface area contributed by atoms with Crippen LogP contribution in [0.25, 0.3) is 0 Å². The molecule has 0 aliphatic heterocycles. The van der Waals surface area contributed by atoms with Gasteiger partial charge in [-0.3, -0.25) is 4.79 Å². The van der Waals surface area contributed by atoms with E-state index >= 15 is 0 Å². The van der Waals surface area contributed by atoms with Crippen LogP contribution in [0.3, 0.4) is 0 Å². The van der Waals surface area contributed by atoms with E-state index in [-0.39, 0.29) is 23.9 Å². The van der Waals surface area contributed by atoms with Crippen molar-refractivity contribution < 1.29 is 18.7 Å². The van der Waals surface area contributed by atoms with Crippen LogP contribution < -0.4 is 16.4 Å². The van der Waals surface area contributed by atoms with E-state index in [9.17, 15) is 18.7 Å². The predicted octanol–water partition coefficient (Wildman–Crippen LogP) is 6.19. The van der Waals surface area contributed by atoms with Crippen LogP contribution in [0.15, 0.2) is 66.7 Å². The summed E-state index contributed by atoms with van der Waals surface area (Å²) in [4.78, 5) is 11.5. The maximum absolute atomic E-state index is 14.0. The minimum atomic E-state index is -0.883. The summed E-state index contributed by atoms with van der Waals surface area (Å²) in [5.41, 5.74) is 9.09. The molecule has 1 fully saturated rings. The summed E-state index contributed by atoms with van der Waals surface area (Å²) in [6.45, 7) is 6.91. The third kappa shape index (κ3) is 7.46. The molecule has 5 N–H and O–H groups in total. The van der Waals surface area contributed by atoms with Gasteiger partial charge in [-0.1, -0.05) is 64.3 Å². The van der Waals surface area contributed by atoms with Gasteiger partial charge in [0.15, 0.2) is 0 Å². The van der Waals surface area contributed by atoms with E-state index in [1.54, 1.807) is 24.3 Å². The van der Waals surface area contributed by atoms with Crippen LogP contribution in [0.4, 0.5) is 14.5 Å². The van der Waals surface area contributed by atoms with E-state index in [1.165, 1.54) is 29.7 Å². The lowest BCUT2D eigenvalue weighted by Gasteiger charge is -2.41. The second kappa shape index (κ2) is 12.5. The SMILES string of the molecule is CC(C)(C)c1cccc(C2(NCC(O)C(Cc3cc(F)cc(F)c3)Nc3ccc(C(N)=O)cc3)CCCCC2)c1. The first-order valence-electron chi connectivity index (χ1n) is 14.1. The van der Waals surface area contributed by atoms with Crippen molar-refractivity contribution in [1.82, 2.24) is 5.32 Å². The molecule has 0 bridgehead atoms. The van der Waals surface area contributed by atoms with E-state index in [2.05, 4.69) is 55.7 Å². The van der Waals surface area contributed by atoms with Gasteiger partial charge in [0, 0.05) is 29.4 Å². The van der Waals surface area contributed by atoms with E-state index in [4.69, 9.17) is 5.73 Å². The Morgan fingerprint density at radius 3 is 2.23 bits per heavy atom. The Balaban J connectivity index is 1.58. The number of aliphatic hydroxyl groups excluding tert-OH is 1. The number of halogens is 2. The smallest absolute Gasteiger partial charge is 0.248 e. The standard InChI is InChI=1S/C33H41F2N3O2/c1-32(2,3)24-8-7-9-25(19-24)33(14-5-4-6-15-33)37-21-30(39)29(18-22-16-26(34)20-27(35)17-22)38-28-12-10-23(11-13-28)31(36)40/h7-13,16-17,19-20,29-30,37-39H,4-6,14-15,18,21H2,1-3H3,(H2,36,40). The molecule has 0 spiro atoms. The highest BCUT2D eigenvalue weighted by Gasteiger charge is 2.35. The molecular weight excluding hydrogens is 508 g/mol. The lowest BCUT2D eigenvalue weighted by molar-refractivity contribution is 0.1000. The van der Waals surface area contributed by atoms with Crippen molar-refractivity contribution in [2.24, 2.45) is 5.73 Å². The summed E-state index contributed by atoms with van der Waals surface area (Å²) >= 11 is 0. The molecule has 0 heterocycles. The second-order valence-corrected chi connectivity index (χ2v) is 12.1. The van der Waals surface area contributed by atoms with Crippen LogP contribution >= 0.6 is 0 Å². The number of nitrogens with two attached hydrogens (primary N) is 1. The van der Waals surface area contributed by atoms with E-state index in [1.807, 2.05) is 0 Å². The van der Waals surface area contributed by atoms with E-state index in [0.29, 0.717) is 16.8 Å². The highest BCUT2D eigenvalue weighted by Crippen LogP contribution is 2.38. The maximum atomic E-state index is 14.0. The monoisotopic (exact) mass is 549 g/mol. The fourth-order valence-corrected chi connectivity index (χ4v) is 5.66. The number of carbonyl (C=O) groups excluding carboxylic acids is 1. The first-order valence-corrected chi connectivity index (χ1v) is 14.1. The van der Waals surface area contributed by atoms with Crippen LogP contribution in [0.5, 0.6) is 0 Å². The quantitative estimate of drug-likeness (QED) is 0.243. The third-order valence-corrected chi connectivity index (χ3v) is 8.00. The summed E-state index contributed by atoms with van der Waals surface area (Å²) in [7, 11) is 0. The van der Waals surface area contributed by atoms with Gasteiger partial charge in [-0.05, 0) is 77.8 Å². The van der Waals surface area contributed by atoms with Crippen molar-refractivity contribution in [3.05, 3.63) is 101 Å². The predicted molar refractivity (Wildman–Crippen MR) is 156 cm³/mol. The van der Waals surface area contributed by atoms with Crippen molar-refractivity contribution in [2.75, 3.05) is 11.9 Å². The maximum Gasteiger partial charge on any atom is 0.248 e. The van der Waals surface area contributed by atoms with Gasteiger partial charge in [-0.2, -0.15) is 0 Å². The molecule has 40 heavy (non-hydrogen) atoms. The number of benzene rings is 3. The lowest BCUT2D eigenvalue weighted by atomic mass is 9.74. The summed E-state index contributed by atoms with van der Waals surface area (Å²) in [5.74, 6) is -1.85. The van der Waals surface area contributed by atoms with Gasteiger partial charge in [-0.25, -0.2) is 8.78 Å². The lowest BCUT2D eigenvalue weighted by Crippen LogP contribution is -2.50. The molecule has 1 aliphatic carbocycles. The molecule has 214 valence electrons. The Hall–Kier alpha value is -3.29. The molecule has 3 aromatic rings. The largest absolute Gasteiger partial charge is 0.390 e. The minimum absolute atomic E-state index is 0.0185. The summed E-state index contributed by atoms with van der Waals surface area (Å²) in [6, 6.07) is 18.2. The zero-order valence-electron chi connectivity index (χ0n) is 23.6. The molecule has 1 amide bonds. The molecule has 0 aromatic heterocycles. The Kier molecular flexibility index (Phi) is 9.26. The number of rotatable bonds is 10. The number of hydrogen-bond acceptors (Lipinski definition) is 4. The summed E-state index contributed by atoms with van der Waals surface area (Å²) < 4.78 is 28.0. The number of amides is 1. The van der Waals surface area contributed by atoms with Crippen molar-refractivity contribution in [1.29, 1.82) is 0 Å². The topological polar surface area (TPSA) is 87.4 Å². The number of aliphatic hydroxyl groups is 1. The second-order valence-electron chi connectivity index (χ2n) is 12.1. The molecule has 2 atom stereocenters. The Labute approximate surface area is 236 Å². The van der Waals surface area contributed by atoms with Gasteiger partial charge in [-0.15, -0.1) is 0 Å². The van der Waals surface area contributed by atoms with Crippen molar-refractivity contribution >= 4 is 11.6 Å². The average Bonchev–Trinajstić information content (AvgIpc) is 2.91. The zero-order valence-corrected chi connectivity index (χ0v) is 23.6. The van der Waals surface area contributed by atoms with Gasteiger partial charge < -0.3 is 21.5 Å². The van der Waals surface area contributed by atoms with Crippen LogP contribution in [-0.2, 0) is 17.4 Å². The Bertz CT molecular complexity index is 1280. The molecule has 1 saturated carbocycles. The molecule has 0 radical (unpaired) electrons. The van der Waals surface area contributed by atoms with Crippen molar-refractivity contribution in [3.63, 3.8) is 0 Å². The van der Waals surface area contributed by atoms with Crippen LogP contribution in [0.2, 0.25) is 0 Å². The summed E-state index contributed by atoms with van der Waals surface area (Å²) in [5, 5.41) is 18.5. The molecular formula is C33H41F2N3O2. The Morgan fingerprint density at radius 1 is 0.975 bits per heavy atom. The molecule has 7 heteroatoms. The normalized spacial score (nSPS) is 16.8. The number of hydrogen-bond donors (Lipinski definition) is 4. The van der Waals surface area contributed by atoms with Gasteiger partial charge in [0.25, 0.3) is 0 Å². The number of primary amides is 1. The highest BCUT2D eigenvalue weighted by atomic mass is 19.1. The number of carbonyl (C=O) groups is 1. The fraction of sp³-hybridized carbons (Fsp3) is 0.424.